The van der Waals surface area contributed by atoms with Gasteiger partial charge in [-0.1, -0.05) is 23.2 Å². The number of phenolic OH excluding ortho intramolecular Hbond substituents is 1. The molecule has 0 aliphatic heterocycles. The van der Waals surface area contributed by atoms with E-state index in [9.17, 15) is 5.11 Å². The molecule has 0 aromatic heterocycles. The predicted octanol–water partition coefficient (Wildman–Crippen LogP) is 4.24. The van der Waals surface area contributed by atoms with Gasteiger partial charge in [0.15, 0.2) is 0 Å². The Labute approximate surface area is 109 Å². The maximum absolute atomic E-state index is 9.52. The summed E-state index contributed by atoms with van der Waals surface area (Å²) in [5, 5.41) is 19.4. The fourth-order valence-electron chi connectivity index (χ4n) is 1.55. The monoisotopic (exact) mass is 263 g/mol. The van der Waals surface area contributed by atoms with Crippen LogP contribution in [-0.4, -0.2) is 5.11 Å². The molecule has 0 saturated carbocycles. The molecule has 0 aliphatic carbocycles. The molecule has 4 heteroatoms. The van der Waals surface area contributed by atoms with Gasteiger partial charge in [-0.2, -0.15) is 5.26 Å². The second-order valence-corrected chi connectivity index (χ2v) is 4.35. The highest BCUT2D eigenvalue weighted by atomic mass is 35.5. The van der Waals surface area contributed by atoms with Crippen LogP contribution in [0.3, 0.4) is 0 Å². The number of aromatic hydroxyl groups is 1. The van der Waals surface area contributed by atoms with Gasteiger partial charge in [-0.25, -0.2) is 0 Å². The van der Waals surface area contributed by atoms with Crippen LogP contribution in [0.15, 0.2) is 36.4 Å². The largest absolute Gasteiger partial charge is 0.508 e. The van der Waals surface area contributed by atoms with Crippen LogP contribution in [0.25, 0.3) is 11.1 Å². The minimum absolute atomic E-state index is 0.0232. The fourth-order valence-corrected chi connectivity index (χ4v) is 1.95. The third kappa shape index (κ3) is 2.52. The number of hydrogen-bond acceptors (Lipinski definition) is 2. The normalized spacial score (nSPS) is 9.94. The molecule has 2 aromatic rings. The van der Waals surface area contributed by atoms with Crippen LogP contribution in [-0.2, 0) is 0 Å². The van der Waals surface area contributed by atoms with Crippen LogP contribution in [0.2, 0.25) is 10.0 Å². The minimum Gasteiger partial charge on any atom is -0.508 e. The molecular weight excluding hydrogens is 257 g/mol. The second kappa shape index (κ2) is 4.67. The van der Waals surface area contributed by atoms with Crippen molar-refractivity contribution in [3.63, 3.8) is 0 Å². The molecule has 0 saturated heterocycles. The summed E-state index contributed by atoms with van der Waals surface area (Å²) in [5.41, 5.74) is 1.72. The van der Waals surface area contributed by atoms with E-state index in [0.29, 0.717) is 26.7 Å². The zero-order valence-corrected chi connectivity index (χ0v) is 10.1. The van der Waals surface area contributed by atoms with Crippen molar-refractivity contribution in [2.75, 3.05) is 0 Å². The third-order valence-corrected chi connectivity index (χ3v) is 2.85. The highest BCUT2D eigenvalue weighted by Gasteiger charge is 2.07. The zero-order chi connectivity index (χ0) is 12.4. The van der Waals surface area contributed by atoms with Crippen molar-refractivity contribution in [2.45, 2.75) is 0 Å². The maximum atomic E-state index is 9.52. The summed E-state index contributed by atoms with van der Waals surface area (Å²) in [5.74, 6) is 0.0232. The Morgan fingerprint density at radius 1 is 1.06 bits per heavy atom. The highest BCUT2D eigenvalue weighted by molar-refractivity contribution is 6.35. The van der Waals surface area contributed by atoms with Crippen LogP contribution in [0.5, 0.6) is 5.75 Å². The molecule has 0 radical (unpaired) electrons. The predicted molar refractivity (Wildman–Crippen MR) is 68.3 cm³/mol. The van der Waals surface area contributed by atoms with E-state index in [2.05, 4.69) is 0 Å². The van der Waals surface area contributed by atoms with Gasteiger partial charge in [-0.3, -0.25) is 0 Å². The Bertz CT molecular complexity index is 617. The number of benzene rings is 2. The number of hydrogen-bond donors (Lipinski definition) is 1. The minimum atomic E-state index is 0.0232. The van der Waals surface area contributed by atoms with E-state index < -0.39 is 0 Å². The smallest absolute Gasteiger partial charge is 0.117 e. The van der Waals surface area contributed by atoms with Crippen molar-refractivity contribution < 1.29 is 5.11 Å². The number of rotatable bonds is 1. The maximum Gasteiger partial charge on any atom is 0.117 e. The molecule has 0 amide bonds. The van der Waals surface area contributed by atoms with E-state index in [1.54, 1.807) is 30.3 Å². The van der Waals surface area contributed by atoms with E-state index in [0.717, 1.165) is 0 Å². The lowest BCUT2D eigenvalue weighted by Crippen LogP contribution is -1.83. The third-order valence-electron chi connectivity index (χ3n) is 2.29. The molecule has 84 valence electrons. The van der Waals surface area contributed by atoms with Gasteiger partial charge in [0.2, 0.25) is 0 Å². The summed E-state index contributed by atoms with van der Waals surface area (Å²) >= 11 is 11.9. The Kier molecular flexibility index (Phi) is 3.23. The van der Waals surface area contributed by atoms with Crippen molar-refractivity contribution in [1.82, 2.24) is 0 Å². The van der Waals surface area contributed by atoms with E-state index in [1.807, 2.05) is 6.07 Å². The second-order valence-electron chi connectivity index (χ2n) is 3.50. The van der Waals surface area contributed by atoms with Gasteiger partial charge in [-0.05, 0) is 42.0 Å². The van der Waals surface area contributed by atoms with Crippen molar-refractivity contribution in [2.24, 2.45) is 0 Å². The van der Waals surface area contributed by atoms with Gasteiger partial charge >= 0.3 is 0 Å². The van der Waals surface area contributed by atoms with Crippen LogP contribution in [0.1, 0.15) is 5.56 Å². The molecule has 0 fully saturated rings. The topological polar surface area (TPSA) is 44.0 Å². The first-order valence-electron chi connectivity index (χ1n) is 4.80. The molecule has 1 N–H and O–H groups in total. The Hall–Kier alpha value is -1.69. The number of nitriles is 1. The lowest BCUT2D eigenvalue weighted by Gasteiger charge is -2.06. The van der Waals surface area contributed by atoms with Crippen LogP contribution >= 0.6 is 23.2 Å². The zero-order valence-electron chi connectivity index (χ0n) is 8.61. The van der Waals surface area contributed by atoms with E-state index in [1.165, 1.54) is 6.07 Å². The van der Waals surface area contributed by atoms with Gasteiger partial charge in [0.1, 0.15) is 5.75 Å². The van der Waals surface area contributed by atoms with Gasteiger partial charge in [0.25, 0.3) is 0 Å². The van der Waals surface area contributed by atoms with Crippen LogP contribution < -0.4 is 0 Å². The van der Waals surface area contributed by atoms with Gasteiger partial charge < -0.3 is 5.11 Å². The molecule has 0 atom stereocenters. The van der Waals surface area contributed by atoms with Crippen molar-refractivity contribution in [1.29, 1.82) is 5.26 Å². The van der Waals surface area contributed by atoms with Crippen LogP contribution in [0.4, 0.5) is 0 Å². The quantitative estimate of drug-likeness (QED) is 0.837. The molecule has 2 aromatic carbocycles. The summed E-state index contributed by atoms with van der Waals surface area (Å²) in [7, 11) is 0. The summed E-state index contributed by atoms with van der Waals surface area (Å²) in [6, 6.07) is 11.6. The Balaban J connectivity index is 2.64. The SMILES string of the molecule is N#Cc1cc(O)cc(-c2cc(Cl)ccc2Cl)c1. The average molecular weight is 264 g/mol. The lowest BCUT2D eigenvalue weighted by molar-refractivity contribution is 0.475. The summed E-state index contributed by atoms with van der Waals surface area (Å²) < 4.78 is 0. The molecule has 0 unspecified atom stereocenters. The first-order valence-corrected chi connectivity index (χ1v) is 5.55. The average Bonchev–Trinajstić information content (AvgIpc) is 2.31. The Morgan fingerprint density at radius 2 is 1.82 bits per heavy atom. The van der Waals surface area contributed by atoms with Crippen molar-refractivity contribution >= 4 is 23.2 Å². The summed E-state index contributed by atoms with van der Waals surface area (Å²) in [4.78, 5) is 0. The number of nitrogens with zero attached hydrogens (tertiary/aromatic N) is 1. The summed E-state index contributed by atoms with van der Waals surface area (Å²) in [6.45, 7) is 0. The standard InChI is InChI=1S/C13H7Cl2NO/c14-10-1-2-13(15)12(6-10)9-3-8(7-16)4-11(17)5-9/h1-6,17H. The van der Waals surface area contributed by atoms with Gasteiger partial charge in [-0.15, -0.1) is 0 Å². The molecule has 17 heavy (non-hydrogen) atoms. The van der Waals surface area contributed by atoms with Gasteiger partial charge in [0, 0.05) is 15.6 Å². The van der Waals surface area contributed by atoms with Crippen LogP contribution in [0, 0.1) is 11.3 Å². The first kappa shape index (κ1) is 11.8. The number of halogens is 2. The van der Waals surface area contributed by atoms with E-state index in [4.69, 9.17) is 28.5 Å². The number of phenols is 1. The van der Waals surface area contributed by atoms with Gasteiger partial charge in [0.05, 0.1) is 11.6 Å². The Morgan fingerprint density at radius 3 is 2.53 bits per heavy atom. The first-order chi connectivity index (χ1) is 8.10. The molecule has 2 rings (SSSR count). The highest BCUT2D eigenvalue weighted by Crippen LogP contribution is 2.32. The van der Waals surface area contributed by atoms with Crippen molar-refractivity contribution in [3.05, 3.63) is 52.0 Å². The lowest BCUT2D eigenvalue weighted by atomic mass is 10.0. The van der Waals surface area contributed by atoms with Crippen molar-refractivity contribution in [3.8, 4) is 22.9 Å². The summed E-state index contributed by atoms with van der Waals surface area (Å²) in [6.07, 6.45) is 0. The molecular formula is C13H7Cl2NO. The molecule has 0 bridgehead atoms. The van der Waals surface area contributed by atoms with E-state index >= 15 is 0 Å². The molecule has 0 heterocycles. The molecule has 0 spiro atoms. The fraction of sp³-hybridized carbons (Fsp3) is 0. The van der Waals surface area contributed by atoms with E-state index in [-0.39, 0.29) is 5.75 Å². The molecule has 2 nitrogen and oxygen atoms in total. The molecule has 0 aliphatic rings.